The van der Waals surface area contributed by atoms with Gasteiger partial charge in [0, 0.05) is 30.4 Å². The molecule has 8 heteroatoms. The second kappa shape index (κ2) is 7.19. The molecule has 0 saturated heterocycles. The lowest BCUT2D eigenvalue weighted by molar-refractivity contribution is 0.718. The summed E-state index contributed by atoms with van der Waals surface area (Å²) in [4.78, 5) is 9.20. The van der Waals surface area contributed by atoms with Gasteiger partial charge in [0.2, 0.25) is 5.95 Å². The molecule has 27 heavy (non-hydrogen) atoms. The smallest absolute Gasteiger partial charge is 0.234 e. The summed E-state index contributed by atoms with van der Waals surface area (Å²) >= 11 is 1.55. The van der Waals surface area contributed by atoms with Crippen LogP contribution < -0.4 is 21.1 Å². The molecule has 2 atom stereocenters. The quantitative estimate of drug-likeness (QED) is 0.705. The Morgan fingerprint density at radius 1 is 1.07 bits per heavy atom. The van der Waals surface area contributed by atoms with E-state index in [0.29, 0.717) is 18.0 Å². The molecule has 0 spiro atoms. The van der Waals surface area contributed by atoms with E-state index in [1.807, 2.05) is 41.8 Å². The first-order valence-corrected chi connectivity index (χ1v) is 10.3. The molecule has 2 aromatic heterocycles. The van der Waals surface area contributed by atoms with Crippen molar-refractivity contribution in [2.45, 2.75) is 50.1 Å². The monoisotopic (exact) mass is 381 g/mol. The van der Waals surface area contributed by atoms with Crippen LogP contribution in [0.3, 0.4) is 0 Å². The average Bonchev–Trinajstić information content (AvgIpc) is 3.31. The maximum atomic E-state index is 4.64. The van der Waals surface area contributed by atoms with Gasteiger partial charge in [0.1, 0.15) is 10.8 Å². The molecule has 5 rings (SSSR count). The second-order valence-electron chi connectivity index (χ2n) is 7.33. The van der Waals surface area contributed by atoms with Crippen molar-refractivity contribution in [1.29, 1.82) is 0 Å². The fourth-order valence-electron chi connectivity index (χ4n) is 3.56. The minimum Gasteiger partial charge on any atom is -0.367 e. The molecule has 2 aliphatic carbocycles. The highest BCUT2D eigenvalue weighted by Crippen LogP contribution is 2.41. The Kier molecular flexibility index (Phi) is 4.41. The SMILES string of the molecule is C1=CNN(c2ccc(N[C@H]3CC[C@H](Nc4nsc(C5CC5)n4)C3)nc2)C=C1. The van der Waals surface area contributed by atoms with Crippen LogP contribution >= 0.6 is 11.5 Å². The van der Waals surface area contributed by atoms with Crippen molar-refractivity contribution >= 4 is 29.0 Å². The third-order valence-electron chi connectivity index (χ3n) is 5.17. The molecule has 0 radical (unpaired) electrons. The van der Waals surface area contributed by atoms with Crippen LogP contribution in [-0.4, -0.2) is 26.4 Å². The molecule has 3 heterocycles. The number of rotatable bonds is 6. The highest BCUT2D eigenvalue weighted by molar-refractivity contribution is 7.05. The van der Waals surface area contributed by atoms with Crippen LogP contribution in [0.2, 0.25) is 0 Å². The first kappa shape index (κ1) is 16.6. The van der Waals surface area contributed by atoms with Gasteiger partial charge in [-0.05, 0) is 67.9 Å². The topological polar surface area (TPSA) is 78.0 Å². The molecule has 0 unspecified atom stereocenters. The van der Waals surface area contributed by atoms with Gasteiger partial charge in [-0.3, -0.25) is 5.01 Å². The van der Waals surface area contributed by atoms with E-state index in [4.69, 9.17) is 0 Å². The van der Waals surface area contributed by atoms with Crippen molar-refractivity contribution in [1.82, 2.24) is 19.8 Å². The number of hydrogen-bond acceptors (Lipinski definition) is 8. The molecular formula is C19H23N7S. The molecule has 0 amide bonds. The molecule has 3 aliphatic rings. The van der Waals surface area contributed by atoms with E-state index in [0.717, 1.165) is 36.7 Å². The number of hydrazine groups is 1. The lowest BCUT2D eigenvalue weighted by Gasteiger charge is -2.22. The molecule has 140 valence electrons. The normalized spacial score (nSPS) is 24.1. The zero-order valence-electron chi connectivity index (χ0n) is 15.0. The Labute approximate surface area is 162 Å². The minimum atomic E-state index is 0.429. The van der Waals surface area contributed by atoms with E-state index < -0.39 is 0 Å². The van der Waals surface area contributed by atoms with Crippen molar-refractivity contribution in [3.63, 3.8) is 0 Å². The van der Waals surface area contributed by atoms with E-state index in [-0.39, 0.29) is 0 Å². The van der Waals surface area contributed by atoms with E-state index >= 15 is 0 Å². The minimum absolute atomic E-state index is 0.429. The molecule has 2 aromatic rings. The molecule has 2 fully saturated rings. The van der Waals surface area contributed by atoms with Crippen LogP contribution in [-0.2, 0) is 0 Å². The first-order chi connectivity index (χ1) is 13.3. The van der Waals surface area contributed by atoms with Crippen LogP contribution in [0.25, 0.3) is 0 Å². The van der Waals surface area contributed by atoms with Crippen LogP contribution in [0.4, 0.5) is 17.5 Å². The number of nitrogens with one attached hydrogen (secondary N) is 3. The Morgan fingerprint density at radius 3 is 2.70 bits per heavy atom. The van der Waals surface area contributed by atoms with Gasteiger partial charge >= 0.3 is 0 Å². The van der Waals surface area contributed by atoms with Gasteiger partial charge in [-0.2, -0.15) is 4.37 Å². The fraction of sp³-hybridized carbons (Fsp3) is 0.421. The van der Waals surface area contributed by atoms with Crippen LogP contribution in [0.1, 0.15) is 43.0 Å². The number of pyridine rings is 1. The largest absolute Gasteiger partial charge is 0.367 e. The predicted molar refractivity (Wildman–Crippen MR) is 109 cm³/mol. The number of aromatic nitrogens is 3. The lowest BCUT2D eigenvalue weighted by Crippen LogP contribution is -2.30. The number of hydrogen-bond donors (Lipinski definition) is 3. The Balaban J connectivity index is 1.13. The Hall–Kier alpha value is -2.61. The van der Waals surface area contributed by atoms with Crippen LogP contribution in [0, 0.1) is 0 Å². The average molecular weight is 382 g/mol. The Morgan fingerprint density at radius 2 is 1.96 bits per heavy atom. The van der Waals surface area contributed by atoms with Gasteiger partial charge in [0.25, 0.3) is 0 Å². The molecule has 0 bridgehead atoms. The van der Waals surface area contributed by atoms with Crippen molar-refractivity contribution in [3.8, 4) is 0 Å². The molecule has 3 N–H and O–H groups in total. The number of anilines is 3. The van der Waals surface area contributed by atoms with Crippen molar-refractivity contribution in [3.05, 3.63) is 47.9 Å². The molecule has 2 saturated carbocycles. The van der Waals surface area contributed by atoms with Crippen LogP contribution in [0.15, 0.2) is 42.9 Å². The van der Waals surface area contributed by atoms with E-state index in [9.17, 15) is 0 Å². The van der Waals surface area contributed by atoms with Gasteiger partial charge in [0.05, 0.1) is 11.9 Å². The summed E-state index contributed by atoms with van der Waals surface area (Å²) in [5.41, 5.74) is 4.16. The summed E-state index contributed by atoms with van der Waals surface area (Å²) in [6.07, 6.45) is 15.5. The van der Waals surface area contributed by atoms with Gasteiger partial charge in [-0.1, -0.05) is 0 Å². The predicted octanol–water partition coefficient (Wildman–Crippen LogP) is 3.61. The third kappa shape index (κ3) is 3.90. The Bertz CT molecular complexity index is 840. The van der Waals surface area contributed by atoms with E-state index in [1.54, 1.807) is 11.5 Å². The molecule has 7 nitrogen and oxygen atoms in total. The van der Waals surface area contributed by atoms with Crippen molar-refractivity contribution in [2.24, 2.45) is 0 Å². The number of allylic oxidation sites excluding steroid dienone is 2. The highest BCUT2D eigenvalue weighted by Gasteiger charge is 2.29. The zero-order chi connectivity index (χ0) is 18.1. The summed E-state index contributed by atoms with van der Waals surface area (Å²) < 4.78 is 4.47. The van der Waals surface area contributed by atoms with Gasteiger partial charge in [-0.25, -0.2) is 9.97 Å². The van der Waals surface area contributed by atoms with E-state index in [1.165, 1.54) is 17.8 Å². The van der Waals surface area contributed by atoms with Crippen molar-refractivity contribution < 1.29 is 0 Å². The van der Waals surface area contributed by atoms with Gasteiger partial charge < -0.3 is 16.1 Å². The summed E-state index contributed by atoms with van der Waals surface area (Å²) in [5.74, 6) is 2.41. The third-order valence-corrected chi connectivity index (χ3v) is 6.04. The summed E-state index contributed by atoms with van der Waals surface area (Å²) in [7, 11) is 0. The molecular weight excluding hydrogens is 358 g/mol. The fourth-order valence-corrected chi connectivity index (χ4v) is 4.34. The number of nitrogens with zero attached hydrogens (tertiary/aromatic N) is 4. The zero-order valence-corrected chi connectivity index (χ0v) is 15.8. The lowest BCUT2D eigenvalue weighted by atomic mass is 10.2. The standard InChI is InChI=1S/C19H23N7S/c1-2-10-26(21-9-1)16-7-8-17(20-12-16)22-14-5-6-15(11-14)23-19-24-18(27-25-19)13-3-4-13/h1-2,7-10,12-15,21H,3-6,11H2,(H,20,22)(H,23,25)/t14-,15-/m0/s1. The van der Waals surface area contributed by atoms with Crippen molar-refractivity contribution in [2.75, 3.05) is 15.6 Å². The maximum Gasteiger partial charge on any atom is 0.234 e. The van der Waals surface area contributed by atoms with E-state index in [2.05, 4.69) is 36.5 Å². The second-order valence-corrected chi connectivity index (χ2v) is 8.11. The first-order valence-electron chi connectivity index (χ1n) is 9.55. The maximum absolute atomic E-state index is 4.64. The summed E-state index contributed by atoms with van der Waals surface area (Å²) in [5, 5.41) is 10.2. The molecule has 1 aliphatic heterocycles. The molecule has 0 aromatic carbocycles. The summed E-state index contributed by atoms with van der Waals surface area (Å²) in [6, 6.07) is 4.96. The highest BCUT2D eigenvalue weighted by atomic mass is 32.1. The van der Waals surface area contributed by atoms with Crippen LogP contribution in [0.5, 0.6) is 0 Å². The van der Waals surface area contributed by atoms with Gasteiger partial charge in [-0.15, -0.1) is 0 Å². The van der Waals surface area contributed by atoms with Gasteiger partial charge in [0.15, 0.2) is 0 Å². The summed E-state index contributed by atoms with van der Waals surface area (Å²) in [6.45, 7) is 0.